The van der Waals surface area contributed by atoms with E-state index in [4.69, 9.17) is 23.7 Å². The fraction of sp³-hybridized carbons (Fsp3) is 1.00. The highest BCUT2D eigenvalue weighted by Crippen LogP contribution is 2.38. The predicted molar refractivity (Wildman–Crippen MR) is 115 cm³/mol. The Kier molecular flexibility index (Phi) is 8.40. The Bertz CT molecular complexity index is 505. The topological polar surface area (TPSA) is 66.4 Å². The zero-order chi connectivity index (χ0) is 23.0. The summed E-state index contributed by atoms with van der Waals surface area (Å²) >= 11 is 0. The number of methoxy groups -OCH3 is 1. The van der Waals surface area contributed by atoms with E-state index >= 15 is 0 Å². The fourth-order valence-corrected chi connectivity index (χ4v) is 3.58. The van der Waals surface area contributed by atoms with Crippen molar-refractivity contribution in [3.8, 4) is 0 Å². The van der Waals surface area contributed by atoms with Crippen LogP contribution in [-0.2, 0) is 23.7 Å². The van der Waals surface area contributed by atoms with Crippen molar-refractivity contribution in [2.24, 2.45) is 0 Å². The van der Waals surface area contributed by atoms with Gasteiger partial charge < -0.3 is 28.8 Å². The Morgan fingerprint density at radius 1 is 0.448 bits per heavy atom. The lowest BCUT2D eigenvalue weighted by atomic mass is 9.82. The van der Waals surface area contributed by atoms with E-state index in [1.54, 1.807) is 7.11 Å². The van der Waals surface area contributed by atoms with Gasteiger partial charge >= 0.3 is 0 Å². The molecule has 1 aliphatic rings. The van der Waals surface area contributed by atoms with Crippen LogP contribution in [0.15, 0.2) is 0 Å². The molecule has 6 atom stereocenters. The molecule has 0 aromatic carbocycles. The molecular weight excluding hydrogens is 372 g/mol. The van der Waals surface area contributed by atoms with Gasteiger partial charge in [-0.15, -0.1) is 0 Å². The van der Waals surface area contributed by atoms with Gasteiger partial charge in [0.05, 0.1) is 22.4 Å². The molecule has 0 bridgehead atoms. The van der Waals surface area contributed by atoms with Crippen LogP contribution in [0.1, 0.15) is 83.1 Å². The molecule has 1 N–H and O–H groups in total. The minimum atomic E-state index is -0.939. The molecule has 1 saturated carbocycles. The highest BCUT2D eigenvalue weighted by Gasteiger charge is 2.56. The van der Waals surface area contributed by atoms with Crippen LogP contribution >= 0.6 is 0 Å². The van der Waals surface area contributed by atoms with Crippen molar-refractivity contribution < 1.29 is 28.8 Å². The Morgan fingerprint density at radius 2 is 0.690 bits per heavy atom. The van der Waals surface area contributed by atoms with Crippen LogP contribution in [-0.4, -0.2) is 71.2 Å². The number of rotatable bonds is 5. The van der Waals surface area contributed by atoms with Gasteiger partial charge in [-0.05, 0) is 83.1 Å². The number of hydrogen-bond acceptors (Lipinski definition) is 6. The lowest BCUT2D eigenvalue weighted by Gasteiger charge is -2.52. The summed E-state index contributed by atoms with van der Waals surface area (Å²) < 4.78 is 31.4. The van der Waals surface area contributed by atoms with Crippen molar-refractivity contribution in [1.82, 2.24) is 0 Å². The fourth-order valence-electron chi connectivity index (χ4n) is 3.58. The summed E-state index contributed by atoms with van der Waals surface area (Å²) in [5.74, 6) is 0. The second-order valence-corrected chi connectivity index (χ2v) is 12.0. The van der Waals surface area contributed by atoms with Gasteiger partial charge in [0.15, 0.2) is 0 Å². The quantitative estimate of drug-likeness (QED) is 0.725. The van der Waals surface area contributed by atoms with Gasteiger partial charge in [-0.3, -0.25) is 0 Å². The standard InChI is InChI=1S/C23H46O6/c1-20(2,3)26-15-14(24)16(27-21(4,5)6)18(28-22(7,8)9)19(17(15)25-13)29-23(10,11)12/h14-19,24H,1-13H3. The van der Waals surface area contributed by atoms with Crippen molar-refractivity contribution in [3.63, 3.8) is 0 Å². The van der Waals surface area contributed by atoms with Gasteiger partial charge in [-0.25, -0.2) is 0 Å². The molecule has 0 amide bonds. The monoisotopic (exact) mass is 418 g/mol. The molecule has 174 valence electrons. The molecule has 0 spiro atoms. The molecule has 6 nitrogen and oxygen atoms in total. The van der Waals surface area contributed by atoms with Crippen LogP contribution in [0.5, 0.6) is 0 Å². The van der Waals surface area contributed by atoms with Gasteiger partial charge in [-0.2, -0.15) is 0 Å². The van der Waals surface area contributed by atoms with Gasteiger partial charge in [0, 0.05) is 7.11 Å². The molecule has 6 unspecified atom stereocenters. The molecule has 0 aliphatic heterocycles. The first-order valence-electron chi connectivity index (χ1n) is 10.7. The normalized spacial score (nSPS) is 32.5. The summed E-state index contributed by atoms with van der Waals surface area (Å²) in [4.78, 5) is 0. The second-order valence-electron chi connectivity index (χ2n) is 12.0. The van der Waals surface area contributed by atoms with E-state index in [0.29, 0.717) is 0 Å². The Hall–Kier alpha value is -0.240. The summed E-state index contributed by atoms with van der Waals surface area (Å²) in [5.41, 5.74) is -1.86. The first-order chi connectivity index (χ1) is 12.7. The zero-order valence-electron chi connectivity index (χ0n) is 21.0. The van der Waals surface area contributed by atoms with Gasteiger partial charge in [-0.1, -0.05) is 0 Å². The van der Waals surface area contributed by atoms with Crippen LogP contribution in [0, 0.1) is 0 Å². The molecule has 0 radical (unpaired) electrons. The SMILES string of the molecule is COC1C(OC(C)(C)C)C(O)C(OC(C)(C)C)C(OC(C)(C)C)C1OC(C)(C)C. The number of aliphatic hydroxyl groups excluding tert-OH is 1. The smallest absolute Gasteiger partial charge is 0.116 e. The van der Waals surface area contributed by atoms with E-state index < -0.39 is 59.0 Å². The maximum atomic E-state index is 11.4. The third kappa shape index (κ3) is 8.80. The lowest BCUT2D eigenvalue weighted by Crippen LogP contribution is -2.69. The van der Waals surface area contributed by atoms with Crippen LogP contribution in [0.2, 0.25) is 0 Å². The van der Waals surface area contributed by atoms with E-state index in [1.165, 1.54) is 0 Å². The predicted octanol–water partition coefficient (Wildman–Crippen LogP) is 4.11. The number of ether oxygens (including phenoxy) is 5. The highest BCUT2D eigenvalue weighted by atomic mass is 16.6. The Morgan fingerprint density at radius 3 is 0.966 bits per heavy atom. The molecule has 6 heteroatoms. The zero-order valence-corrected chi connectivity index (χ0v) is 21.0. The Balaban J connectivity index is 3.50. The third-order valence-electron chi connectivity index (χ3n) is 4.20. The van der Waals surface area contributed by atoms with E-state index in [-0.39, 0.29) is 0 Å². The van der Waals surface area contributed by atoms with Gasteiger partial charge in [0.1, 0.15) is 36.6 Å². The van der Waals surface area contributed by atoms with Gasteiger partial charge in [0.2, 0.25) is 0 Å². The summed E-state index contributed by atoms with van der Waals surface area (Å²) in [7, 11) is 1.62. The highest BCUT2D eigenvalue weighted by molar-refractivity contribution is 5.05. The van der Waals surface area contributed by atoms with Crippen molar-refractivity contribution in [1.29, 1.82) is 0 Å². The summed E-state index contributed by atoms with van der Waals surface area (Å²) in [6.07, 6.45) is -3.74. The van der Waals surface area contributed by atoms with Crippen LogP contribution in [0.25, 0.3) is 0 Å². The molecule has 0 aromatic rings. The van der Waals surface area contributed by atoms with Crippen LogP contribution < -0.4 is 0 Å². The van der Waals surface area contributed by atoms with E-state index in [9.17, 15) is 5.11 Å². The summed E-state index contributed by atoms with van der Waals surface area (Å²) in [6.45, 7) is 23.7. The van der Waals surface area contributed by atoms with Crippen molar-refractivity contribution in [2.75, 3.05) is 7.11 Å². The summed E-state index contributed by atoms with van der Waals surface area (Å²) in [6, 6.07) is 0. The number of aliphatic hydroxyl groups is 1. The largest absolute Gasteiger partial charge is 0.387 e. The van der Waals surface area contributed by atoms with Gasteiger partial charge in [0.25, 0.3) is 0 Å². The van der Waals surface area contributed by atoms with Crippen LogP contribution in [0.3, 0.4) is 0 Å². The molecule has 1 rings (SSSR count). The lowest BCUT2D eigenvalue weighted by molar-refractivity contribution is -0.316. The van der Waals surface area contributed by atoms with Crippen molar-refractivity contribution >= 4 is 0 Å². The first kappa shape index (κ1) is 26.8. The van der Waals surface area contributed by atoms with E-state index in [2.05, 4.69) is 0 Å². The Labute approximate surface area is 178 Å². The number of hydrogen-bond donors (Lipinski definition) is 1. The maximum Gasteiger partial charge on any atom is 0.116 e. The maximum absolute atomic E-state index is 11.4. The molecular formula is C23H46O6. The molecule has 1 fully saturated rings. The molecule has 0 heterocycles. The summed E-state index contributed by atoms with van der Waals surface area (Å²) in [5, 5.41) is 11.4. The third-order valence-corrected chi connectivity index (χ3v) is 4.20. The van der Waals surface area contributed by atoms with E-state index in [0.717, 1.165) is 0 Å². The molecule has 29 heavy (non-hydrogen) atoms. The molecule has 1 aliphatic carbocycles. The molecule has 0 saturated heterocycles. The van der Waals surface area contributed by atoms with Crippen molar-refractivity contribution in [2.45, 2.75) is 142 Å². The minimum absolute atomic E-state index is 0.443. The molecule has 0 aromatic heterocycles. The minimum Gasteiger partial charge on any atom is -0.387 e. The average molecular weight is 419 g/mol. The average Bonchev–Trinajstić information content (AvgIpc) is 2.43. The second kappa shape index (κ2) is 9.09. The van der Waals surface area contributed by atoms with Crippen molar-refractivity contribution in [3.05, 3.63) is 0 Å². The van der Waals surface area contributed by atoms with Crippen LogP contribution in [0.4, 0.5) is 0 Å². The van der Waals surface area contributed by atoms with E-state index in [1.807, 2.05) is 83.1 Å². The first-order valence-corrected chi connectivity index (χ1v) is 10.7.